The summed E-state index contributed by atoms with van der Waals surface area (Å²) < 4.78 is 0. The Balaban J connectivity index is 1.98. The summed E-state index contributed by atoms with van der Waals surface area (Å²) in [5.41, 5.74) is 0. The fourth-order valence-corrected chi connectivity index (χ4v) is 1.54. The van der Waals surface area contributed by atoms with Gasteiger partial charge in [-0.15, -0.1) is 0 Å². The van der Waals surface area contributed by atoms with Gasteiger partial charge in [0.15, 0.2) is 0 Å². The minimum Gasteiger partial charge on any atom is -0.295 e. The van der Waals surface area contributed by atoms with Crippen molar-refractivity contribution in [2.75, 3.05) is 0 Å². The quantitative estimate of drug-likeness (QED) is 0.488. The van der Waals surface area contributed by atoms with Gasteiger partial charge in [0.25, 0.3) is 0 Å². The van der Waals surface area contributed by atoms with Gasteiger partial charge in [-0.2, -0.15) is 0 Å². The predicted molar refractivity (Wildman–Crippen MR) is 45.2 cm³/mol. The third-order valence-corrected chi connectivity index (χ3v) is 2.25. The number of nitrogens with zero attached hydrogens (tertiary/aromatic N) is 1. The highest BCUT2D eigenvalue weighted by molar-refractivity contribution is 6.07. The second-order valence-electron chi connectivity index (χ2n) is 3.41. The minimum absolute atomic E-state index is 0.0448. The van der Waals surface area contributed by atoms with Gasteiger partial charge in [0.2, 0.25) is 23.6 Å². The smallest absolute Gasteiger partial charge is 0.245 e. The molecular formula is C8H8N3O4. The molecule has 0 bridgehead atoms. The van der Waals surface area contributed by atoms with Crippen molar-refractivity contribution in [1.82, 2.24) is 16.0 Å². The molecule has 15 heavy (non-hydrogen) atoms. The lowest BCUT2D eigenvalue weighted by Gasteiger charge is -2.09. The molecule has 1 radical (unpaired) electrons. The Morgan fingerprint density at radius 3 is 1.53 bits per heavy atom. The van der Waals surface area contributed by atoms with E-state index in [2.05, 4.69) is 16.0 Å². The lowest BCUT2D eigenvalue weighted by molar-refractivity contribution is -0.126. The molecule has 0 aliphatic carbocycles. The third kappa shape index (κ3) is 1.86. The standard InChI is InChI=1S/C8H8N3O4/c12-5-1-3(7(14)10-5)9-4-2-6(13)11-8(4)15/h3-4H,1-2H2,(H,10,12,14)(H,11,13,15). The summed E-state index contributed by atoms with van der Waals surface area (Å²) in [5, 5.41) is 8.03. The summed E-state index contributed by atoms with van der Waals surface area (Å²) in [7, 11) is 0. The Hall–Kier alpha value is -1.76. The van der Waals surface area contributed by atoms with Crippen LogP contribution in [-0.2, 0) is 19.2 Å². The fraction of sp³-hybridized carbons (Fsp3) is 0.500. The molecule has 2 saturated heterocycles. The average molecular weight is 210 g/mol. The van der Waals surface area contributed by atoms with Crippen LogP contribution in [0.4, 0.5) is 0 Å². The lowest BCUT2D eigenvalue weighted by Crippen LogP contribution is -2.40. The monoisotopic (exact) mass is 210 g/mol. The number of hydrogen-bond donors (Lipinski definition) is 2. The maximum Gasteiger partial charge on any atom is 0.245 e. The van der Waals surface area contributed by atoms with Crippen LogP contribution in [0.1, 0.15) is 12.8 Å². The highest BCUT2D eigenvalue weighted by Crippen LogP contribution is 2.09. The first kappa shape index (κ1) is 9.78. The first-order chi connectivity index (χ1) is 7.06. The van der Waals surface area contributed by atoms with Crippen molar-refractivity contribution < 1.29 is 19.2 Å². The van der Waals surface area contributed by atoms with E-state index in [0.29, 0.717) is 0 Å². The van der Waals surface area contributed by atoms with Crippen LogP contribution in [0.5, 0.6) is 0 Å². The molecule has 4 amide bonds. The summed E-state index contributed by atoms with van der Waals surface area (Å²) in [5.74, 6) is -1.82. The average Bonchev–Trinajstić information content (AvgIpc) is 2.58. The number of amides is 4. The highest BCUT2D eigenvalue weighted by Gasteiger charge is 2.38. The molecule has 2 atom stereocenters. The summed E-state index contributed by atoms with van der Waals surface area (Å²) >= 11 is 0. The predicted octanol–water partition coefficient (Wildman–Crippen LogP) is -2.58. The Labute approximate surface area is 84.6 Å². The molecular weight excluding hydrogens is 202 g/mol. The Bertz CT molecular complexity index is 331. The molecule has 2 N–H and O–H groups in total. The molecule has 7 nitrogen and oxygen atoms in total. The molecule has 0 spiro atoms. The number of imide groups is 2. The third-order valence-electron chi connectivity index (χ3n) is 2.25. The molecule has 0 saturated carbocycles. The van der Waals surface area contributed by atoms with Crippen molar-refractivity contribution in [3.63, 3.8) is 0 Å². The minimum atomic E-state index is -0.834. The molecule has 79 valence electrons. The Morgan fingerprint density at radius 1 is 0.867 bits per heavy atom. The van der Waals surface area contributed by atoms with Gasteiger partial charge >= 0.3 is 0 Å². The molecule has 2 fully saturated rings. The normalized spacial score (nSPS) is 30.7. The second-order valence-corrected chi connectivity index (χ2v) is 3.41. The van der Waals surface area contributed by atoms with Crippen LogP contribution in [0.25, 0.3) is 0 Å². The van der Waals surface area contributed by atoms with Crippen LogP contribution < -0.4 is 16.0 Å². The number of rotatable bonds is 2. The lowest BCUT2D eigenvalue weighted by atomic mass is 10.2. The van der Waals surface area contributed by atoms with Crippen LogP contribution in [-0.4, -0.2) is 35.7 Å². The van der Waals surface area contributed by atoms with E-state index in [1.165, 1.54) is 0 Å². The zero-order valence-corrected chi connectivity index (χ0v) is 7.65. The zero-order valence-electron chi connectivity index (χ0n) is 7.65. The number of carbonyl (C=O) groups excluding carboxylic acids is 4. The van der Waals surface area contributed by atoms with Gasteiger partial charge in [-0.3, -0.25) is 29.8 Å². The summed E-state index contributed by atoms with van der Waals surface area (Å²) in [4.78, 5) is 43.9. The van der Waals surface area contributed by atoms with Crippen molar-refractivity contribution in [2.24, 2.45) is 0 Å². The van der Waals surface area contributed by atoms with E-state index in [0.717, 1.165) is 0 Å². The largest absolute Gasteiger partial charge is 0.295 e. The van der Waals surface area contributed by atoms with E-state index in [4.69, 9.17) is 0 Å². The van der Waals surface area contributed by atoms with Crippen LogP contribution in [0.15, 0.2) is 0 Å². The van der Waals surface area contributed by atoms with Crippen LogP contribution in [0, 0.1) is 0 Å². The molecule has 2 rings (SSSR count). The van der Waals surface area contributed by atoms with Crippen LogP contribution >= 0.6 is 0 Å². The molecule has 2 aliphatic rings. The van der Waals surface area contributed by atoms with Gasteiger partial charge in [0.1, 0.15) is 12.1 Å². The Morgan fingerprint density at radius 2 is 1.27 bits per heavy atom. The topological polar surface area (TPSA) is 106 Å². The van der Waals surface area contributed by atoms with Crippen LogP contribution in [0.3, 0.4) is 0 Å². The zero-order chi connectivity index (χ0) is 11.0. The SMILES string of the molecule is O=C1CC([N]C2CC(=O)NC2=O)C(=O)N1. The number of carbonyl (C=O) groups is 4. The summed E-state index contributed by atoms with van der Waals surface area (Å²) in [6.45, 7) is 0. The maximum absolute atomic E-state index is 11.1. The molecule has 2 unspecified atom stereocenters. The number of hydrogen-bond acceptors (Lipinski definition) is 4. The molecule has 7 heteroatoms. The van der Waals surface area contributed by atoms with E-state index in [1.54, 1.807) is 0 Å². The van der Waals surface area contributed by atoms with Gasteiger partial charge in [0.05, 0.1) is 12.8 Å². The van der Waals surface area contributed by atoms with Crippen molar-refractivity contribution in [1.29, 1.82) is 0 Å². The summed E-state index contributed by atoms with van der Waals surface area (Å²) in [6, 6.07) is -1.67. The summed E-state index contributed by atoms with van der Waals surface area (Å²) in [6.07, 6.45) is -0.0897. The molecule has 2 heterocycles. The fourth-order valence-electron chi connectivity index (χ4n) is 1.54. The van der Waals surface area contributed by atoms with Crippen molar-refractivity contribution in [3.8, 4) is 0 Å². The van der Waals surface area contributed by atoms with E-state index in [-0.39, 0.29) is 12.8 Å². The van der Waals surface area contributed by atoms with Gasteiger partial charge in [-0.1, -0.05) is 0 Å². The highest BCUT2D eigenvalue weighted by atomic mass is 16.2. The second kappa shape index (κ2) is 3.43. The molecule has 0 aromatic rings. The molecule has 0 aromatic heterocycles. The van der Waals surface area contributed by atoms with E-state index in [1.807, 2.05) is 0 Å². The maximum atomic E-state index is 11.1. The van der Waals surface area contributed by atoms with E-state index in [9.17, 15) is 19.2 Å². The first-order valence-corrected chi connectivity index (χ1v) is 4.43. The first-order valence-electron chi connectivity index (χ1n) is 4.43. The molecule has 2 aliphatic heterocycles. The molecule has 0 aromatic carbocycles. The van der Waals surface area contributed by atoms with E-state index >= 15 is 0 Å². The van der Waals surface area contributed by atoms with E-state index < -0.39 is 35.7 Å². The van der Waals surface area contributed by atoms with Crippen LogP contribution in [0.2, 0.25) is 0 Å². The van der Waals surface area contributed by atoms with Crippen molar-refractivity contribution in [2.45, 2.75) is 24.9 Å². The van der Waals surface area contributed by atoms with Gasteiger partial charge in [-0.25, -0.2) is 5.32 Å². The van der Waals surface area contributed by atoms with Gasteiger partial charge < -0.3 is 0 Å². The van der Waals surface area contributed by atoms with Gasteiger partial charge in [-0.05, 0) is 0 Å². The van der Waals surface area contributed by atoms with Crippen molar-refractivity contribution >= 4 is 23.6 Å². The van der Waals surface area contributed by atoms with Crippen molar-refractivity contribution in [3.05, 3.63) is 0 Å². The number of nitrogens with one attached hydrogen (secondary N) is 2. The Kier molecular flexibility index (Phi) is 2.24. The van der Waals surface area contributed by atoms with Gasteiger partial charge in [0, 0.05) is 0 Å².